The number of aromatic nitrogens is 1. The van der Waals surface area contributed by atoms with E-state index < -0.39 is 6.04 Å². The predicted molar refractivity (Wildman–Crippen MR) is 91.6 cm³/mol. The summed E-state index contributed by atoms with van der Waals surface area (Å²) < 4.78 is 7.14. The van der Waals surface area contributed by atoms with Crippen molar-refractivity contribution in [2.24, 2.45) is 17.8 Å². The lowest BCUT2D eigenvalue weighted by Crippen LogP contribution is -2.38. The molecule has 1 aliphatic rings. The zero-order chi connectivity index (χ0) is 17.1. The molecule has 1 fully saturated rings. The summed E-state index contributed by atoms with van der Waals surface area (Å²) in [6, 6.07) is 2.22. The van der Waals surface area contributed by atoms with Crippen molar-refractivity contribution in [1.82, 2.24) is 4.57 Å². The highest BCUT2D eigenvalue weighted by molar-refractivity contribution is 6.30. The van der Waals surface area contributed by atoms with Gasteiger partial charge in [0.05, 0.1) is 5.02 Å². The summed E-state index contributed by atoms with van der Waals surface area (Å²) >= 11 is 5.93. The van der Waals surface area contributed by atoms with Crippen molar-refractivity contribution < 1.29 is 9.53 Å². The van der Waals surface area contributed by atoms with Gasteiger partial charge in [-0.25, -0.2) is 4.79 Å². The van der Waals surface area contributed by atoms with Crippen LogP contribution in [-0.4, -0.2) is 16.6 Å². The van der Waals surface area contributed by atoms with E-state index in [0.717, 1.165) is 12.8 Å². The molecule has 128 valence electrons. The highest BCUT2D eigenvalue weighted by atomic mass is 35.5. The zero-order valence-electron chi connectivity index (χ0n) is 14.3. The van der Waals surface area contributed by atoms with E-state index in [0.29, 0.717) is 22.8 Å². The van der Waals surface area contributed by atoms with Crippen molar-refractivity contribution in [3.05, 3.63) is 33.7 Å². The van der Waals surface area contributed by atoms with Crippen LogP contribution >= 0.6 is 11.6 Å². The fourth-order valence-corrected chi connectivity index (χ4v) is 3.56. The van der Waals surface area contributed by atoms with Crippen LogP contribution in [-0.2, 0) is 9.53 Å². The van der Waals surface area contributed by atoms with Crippen molar-refractivity contribution in [2.75, 3.05) is 0 Å². The SMILES string of the molecule is CC1CCC(C(C)C)C(OC(=O)C(C)n2cc(Cl)ccc2=O)C1. The maximum Gasteiger partial charge on any atom is 0.329 e. The Hall–Kier alpha value is -1.29. The summed E-state index contributed by atoms with van der Waals surface area (Å²) in [5.74, 6) is 1.06. The molecule has 1 aromatic heterocycles. The molecule has 1 aromatic rings. The lowest BCUT2D eigenvalue weighted by Gasteiger charge is -2.37. The number of carbonyl (C=O) groups excluding carboxylic acids is 1. The minimum atomic E-state index is -0.675. The highest BCUT2D eigenvalue weighted by Gasteiger charge is 2.34. The zero-order valence-corrected chi connectivity index (χ0v) is 15.0. The first-order valence-corrected chi connectivity index (χ1v) is 8.75. The molecule has 0 saturated heterocycles. The van der Waals surface area contributed by atoms with Gasteiger partial charge in [-0.05, 0) is 43.6 Å². The molecule has 5 heteroatoms. The Morgan fingerprint density at radius 3 is 2.65 bits per heavy atom. The minimum Gasteiger partial charge on any atom is -0.461 e. The van der Waals surface area contributed by atoms with E-state index in [4.69, 9.17) is 16.3 Å². The number of nitrogens with zero attached hydrogens (tertiary/aromatic N) is 1. The lowest BCUT2D eigenvalue weighted by molar-refractivity contribution is -0.159. The molecule has 4 unspecified atom stereocenters. The van der Waals surface area contributed by atoms with Crippen LogP contribution in [0.1, 0.15) is 53.0 Å². The molecule has 1 aliphatic carbocycles. The topological polar surface area (TPSA) is 48.3 Å². The highest BCUT2D eigenvalue weighted by Crippen LogP contribution is 2.35. The van der Waals surface area contributed by atoms with Crippen molar-refractivity contribution in [1.29, 1.82) is 0 Å². The van der Waals surface area contributed by atoms with Gasteiger partial charge in [-0.2, -0.15) is 0 Å². The fourth-order valence-electron chi connectivity index (χ4n) is 3.39. The molecule has 0 N–H and O–H groups in total. The molecule has 2 rings (SSSR count). The molecule has 0 radical (unpaired) electrons. The van der Waals surface area contributed by atoms with E-state index in [1.165, 1.54) is 29.3 Å². The fraction of sp³-hybridized carbons (Fsp3) is 0.667. The van der Waals surface area contributed by atoms with Crippen LogP contribution in [0.4, 0.5) is 0 Å². The molecule has 4 nitrogen and oxygen atoms in total. The Labute approximate surface area is 142 Å². The maximum atomic E-state index is 12.5. The number of hydrogen-bond acceptors (Lipinski definition) is 3. The normalized spacial score (nSPS) is 26.1. The van der Waals surface area contributed by atoms with Crippen molar-refractivity contribution in [3.8, 4) is 0 Å². The number of ether oxygens (including phenoxy) is 1. The Bertz CT molecular complexity index is 611. The number of pyridine rings is 1. The second-order valence-corrected chi connectivity index (χ2v) is 7.51. The molecule has 0 spiro atoms. The molecule has 0 bridgehead atoms. The summed E-state index contributed by atoms with van der Waals surface area (Å²) in [6.07, 6.45) is 4.58. The average Bonchev–Trinajstić information content (AvgIpc) is 2.48. The van der Waals surface area contributed by atoms with Gasteiger partial charge in [-0.3, -0.25) is 4.79 Å². The van der Waals surface area contributed by atoms with E-state index >= 15 is 0 Å². The standard InChI is InChI=1S/C18H26ClNO3/c1-11(2)15-7-5-12(3)9-16(15)23-18(22)13(4)20-10-14(19)6-8-17(20)21/h6,8,10-13,15-16H,5,7,9H2,1-4H3. The number of hydrogen-bond donors (Lipinski definition) is 0. The first-order chi connectivity index (χ1) is 10.8. The molecular formula is C18H26ClNO3. The quantitative estimate of drug-likeness (QED) is 0.777. The van der Waals surface area contributed by atoms with E-state index in [-0.39, 0.29) is 17.6 Å². The molecular weight excluding hydrogens is 314 g/mol. The van der Waals surface area contributed by atoms with Crippen molar-refractivity contribution in [3.63, 3.8) is 0 Å². The Kier molecular flexibility index (Phi) is 5.90. The van der Waals surface area contributed by atoms with E-state index in [1.807, 2.05) is 0 Å². The third-order valence-corrected chi connectivity index (χ3v) is 5.11. The molecule has 1 heterocycles. The summed E-state index contributed by atoms with van der Waals surface area (Å²) in [7, 11) is 0. The average molecular weight is 340 g/mol. The molecule has 0 aromatic carbocycles. The predicted octanol–water partition coefficient (Wildman–Crippen LogP) is 4.07. The first-order valence-electron chi connectivity index (χ1n) is 8.37. The Morgan fingerprint density at radius 2 is 2.00 bits per heavy atom. The van der Waals surface area contributed by atoms with Gasteiger partial charge < -0.3 is 9.30 Å². The van der Waals surface area contributed by atoms with E-state index in [9.17, 15) is 9.59 Å². The third kappa shape index (κ3) is 4.37. The van der Waals surface area contributed by atoms with Gasteiger partial charge in [0.1, 0.15) is 12.1 Å². The first kappa shape index (κ1) is 18.1. The van der Waals surface area contributed by atoms with E-state index in [2.05, 4.69) is 20.8 Å². The second-order valence-electron chi connectivity index (χ2n) is 7.07. The van der Waals surface area contributed by atoms with Gasteiger partial charge in [-0.15, -0.1) is 0 Å². The van der Waals surface area contributed by atoms with E-state index in [1.54, 1.807) is 6.92 Å². The lowest BCUT2D eigenvalue weighted by atomic mass is 9.75. The summed E-state index contributed by atoms with van der Waals surface area (Å²) in [4.78, 5) is 24.5. The monoisotopic (exact) mass is 339 g/mol. The van der Waals surface area contributed by atoms with Gasteiger partial charge in [0.2, 0.25) is 0 Å². The number of esters is 1. The molecule has 0 aliphatic heterocycles. The number of rotatable bonds is 4. The van der Waals surface area contributed by atoms with Crippen LogP contribution < -0.4 is 5.56 Å². The summed E-state index contributed by atoms with van der Waals surface area (Å²) in [5, 5.41) is 0.426. The molecule has 1 saturated carbocycles. The van der Waals surface area contributed by atoms with Crippen LogP contribution in [0.25, 0.3) is 0 Å². The number of halogens is 1. The van der Waals surface area contributed by atoms with Gasteiger partial charge >= 0.3 is 5.97 Å². The van der Waals surface area contributed by atoms with Crippen molar-refractivity contribution >= 4 is 17.6 Å². The van der Waals surface area contributed by atoms with Gasteiger partial charge in [0, 0.05) is 12.3 Å². The minimum absolute atomic E-state index is 0.0661. The Morgan fingerprint density at radius 1 is 1.30 bits per heavy atom. The van der Waals surface area contributed by atoms with Gasteiger partial charge in [-0.1, -0.05) is 38.8 Å². The van der Waals surface area contributed by atoms with Crippen LogP contribution in [0.2, 0.25) is 5.02 Å². The largest absolute Gasteiger partial charge is 0.461 e. The molecule has 0 amide bonds. The molecule has 23 heavy (non-hydrogen) atoms. The summed E-state index contributed by atoms with van der Waals surface area (Å²) in [6.45, 7) is 8.22. The second kappa shape index (κ2) is 7.52. The van der Waals surface area contributed by atoms with Crippen LogP contribution in [0.3, 0.4) is 0 Å². The van der Waals surface area contributed by atoms with Crippen molar-refractivity contribution in [2.45, 2.75) is 59.1 Å². The third-order valence-electron chi connectivity index (χ3n) is 4.89. The Balaban J connectivity index is 2.13. The van der Waals surface area contributed by atoms with Crippen LogP contribution in [0.5, 0.6) is 0 Å². The smallest absolute Gasteiger partial charge is 0.329 e. The van der Waals surface area contributed by atoms with Crippen LogP contribution in [0.15, 0.2) is 23.1 Å². The summed E-state index contributed by atoms with van der Waals surface area (Å²) in [5.41, 5.74) is -0.253. The van der Waals surface area contributed by atoms with Gasteiger partial charge in [0.15, 0.2) is 0 Å². The maximum absolute atomic E-state index is 12.5. The van der Waals surface area contributed by atoms with Gasteiger partial charge in [0.25, 0.3) is 5.56 Å². The van der Waals surface area contributed by atoms with Crippen LogP contribution in [0, 0.1) is 17.8 Å². The molecule has 4 atom stereocenters. The number of carbonyl (C=O) groups is 1.